The number of hydrogen-bond donors (Lipinski definition) is 2. The van der Waals surface area contributed by atoms with Gasteiger partial charge in [0, 0.05) is 49.6 Å². The monoisotopic (exact) mass is 341 g/mol. The summed E-state index contributed by atoms with van der Waals surface area (Å²) in [5, 5.41) is 4.38. The number of piperidine rings is 1. The zero-order valence-electron chi connectivity index (χ0n) is 14.8. The van der Waals surface area contributed by atoms with Gasteiger partial charge in [0.15, 0.2) is 0 Å². The number of aromatic nitrogens is 1. The first-order valence-electron chi connectivity index (χ1n) is 9.41. The van der Waals surface area contributed by atoms with Crippen molar-refractivity contribution >= 4 is 16.8 Å². The van der Waals surface area contributed by atoms with Crippen molar-refractivity contribution in [3.05, 3.63) is 36.0 Å². The van der Waals surface area contributed by atoms with Gasteiger partial charge in [0.25, 0.3) is 5.91 Å². The Hall–Kier alpha value is -1.85. The van der Waals surface area contributed by atoms with E-state index in [1.54, 1.807) is 0 Å². The van der Waals surface area contributed by atoms with E-state index in [2.05, 4.69) is 22.1 Å². The molecule has 2 N–H and O–H groups in total. The summed E-state index contributed by atoms with van der Waals surface area (Å²) in [6, 6.07) is 8.09. The number of benzene rings is 1. The van der Waals surface area contributed by atoms with E-state index in [1.165, 1.54) is 12.8 Å². The Morgan fingerprint density at radius 2 is 2.28 bits per heavy atom. The molecule has 1 aromatic carbocycles. The number of nitrogens with zero attached hydrogens (tertiary/aromatic N) is 1. The molecule has 5 heteroatoms. The third kappa shape index (κ3) is 3.72. The predicted octanol–water partition coefficient (Wildman–Crippen LogP) is 2.79. The summed E-state index contributed by atoms with van der Waals surface area (Å²) in [5.41, 5.74) is 1.73. The number of carbonyl (C=O) groups excluding carboxylic acids is 1. The van der Waals surface area contributed by atoms with Gasteiger partial charge >= 0.3 is 0 Å². The van der Waals surface area contributed by atoms with E-state index >= 15 is 0 Å². The van der Waals surface area contributed by atoms with Crippen LogP contribution in [0.4, 0.5) is 0 Å². The van der Waals surface area contributed by atoms with E-state index in [0.717, 1.165) is 49.1 Å². The topological polar surface area (TPSA) is 57.4 Å². The molecular weight excluding hydrogens is 314 g/mol. The predicted molar refractivity (Wildman–Crippen MR) is 98.7 cm³/mol. The number of carbonyl (C=O) groups is 1. The fourth-order valence-corrected chi connectivity index (χ4v) is 4.13. The fourth-order valence-electron chi connectivity index (χ4n) is 4.13. The van der Waals surface area contributed by atoms with Gasteiger partial charge in [-0.1, -0.05) is 13.0 Å². The van der Waals surface area contributed by atoms with Crippen LogP contribution in [-0.2, 0) is 4.74 Å². The van der Waals surface area contributed by atoms with Gasteiger partial charge in [-0.15, -0.1) is 0 Å². The number of ether oxygens (including phenoxy) is 1. The second kappa shape index (κ2) is 7.18. The molecule has 1 amide bonds. The number of rotatable bonds is 4. The second-order valence-corrected chi connectivity index (χ2v) is 7.52. The maximum absolute atomic E-state index is 12.6. The average Bonchev–Trinajstić information content (AvgIpc) is 3.27. The van der Waals surface area contributed by atoms with Crippen molar-refractivity contribution in [2.45, 2.75) is 38.3 Å². The lowest BCUT2D eigenvalue weighted by Crippen LogP contribution is -2.51. The molecule has 2 saturated heterocycles. The van der Waals surface area contributed by atoms with Gasteiger partial charge in [-0.25, -0.2) is 0 Å². The second-order valence-electron chi connectivity index (χ2n) is 7.52. The maximum Gasteiger partial charge on any atom is 0.251 e. The molecule has 3 unspecified atom stereocenters. The first-order valence-corrected chi connectivity index (χ1v) is 9.41. The smallest absolute Gasteiger partial charge is 0.251 e. The lowest BCUT2D eigenvalue weighted by Gasteiger charge is -2.38. The van der Waals surface area contributed by atoms with Crippen molar-refractivity contribution in [2.24, 2.45) is 5.92 Å². The fraction of sp³-hybridized carbons (Fsp3) is 0.550. The molecule has 1 aromatic heterocycles. The number of hydrogen-bond acceptors (Lipinski definition) is 3. The van der Waals surface area contributed by atoms with Gasteiger partial charge in [-0.05, 0) is 48.8 Å². The molecule has 0 spiro atoms. The SMILES string of the molecule is CC1CN(CC2CCCO2)CCC1NC(=O)c1ccc2cc[nH]c2c1. The molecule has 0 saturated carbocycles. The average molecular weight is 341 g/mol. The van der Waals surface area contributed by atoms with Gasteiger partial charge < -0.3 is 19.9 Å². The highest BCUT2D eigenvalue weighted by molar-refractivity contribution is 5.98. The third-order valence-electron chi connectivity index (χ3n) is 5.61. The Morgan fingerprint density at radius 1 is 1.36 bits per heavy atom. The zero-order chi connectivity index (χ0) is 17.2. The van der Waals surface area contributed by atoms with Crippen LogP contribution >= 0.6 is 0 Å². The molecule has 5 nitrogen and oxygen atoms in total. The van der Waals surface area contributed by atoms with Crippen molar-refractivity contribution in [1.29, 1.82) is 0 Å². The summed E-state index contributed by atoms with van der Waals surface area (Å²) < 4.78 is 5.75. The van der Waals surface area contributed by atoms with Crippen LogP contribution in [0.15, 0.2) is 30.5 Å². The first-order chi connectivity index (χ1) is 12.2. The number of fused-ring (bicyclic) bond motifs is 1. The molecule has 2 aromatic rings. The molecule has 4 rings (SSSR count). The van der Waals surface area contributed by atoms with Gasteiger partial charge in [0.2, 0.25) is 0 Å². The number of H-pyrrole nitrogens is 1. The molecule has 2 aliphatic rings. The Labute approximate surface area is 148 Å². The van der Waals surface area contributed by atoms with Crippen molar-refractivity contribution < 1.29 is 9.53 Å². The lowest BCUT2D eigenvalue weighted by molar-refractivity contribution is 0.0498. The van der Waals surface area contributed by atoms with E-state index < -0.39 is 0 Å². The number of likely N-dealkylation sites (tertiary alicyclic amines) is 1. The number of amides is 1. The molecule has 3 atom stereocenters. The van der Waals surface area contributed by atoms with E-state index in [-0.39, 0.29) is 11.9 Å². The summed E-state index contributed by atoms with van der Waals surface area (Å²) in [6.07, 6.45) is 5.69. The van der Waals surface area contributed by atoms with Crippen LogP contribution in [0.5, 0.6) is 0 Å². The highest BCUT2D eigenvalue weighted by atomic mass is 16.5. The summed E-state index contributed by atoms with van der Waals surface area (Å²) in [7, 11) is 0. The van der Waals surface area contributed by atoms with Crippen molar-refractivity contribution in [3.8, 4) is 0 Å². The van der Waals surface area contributed by atoms with E-state index in [9.17, 15) is 4.79 Å². The highest BCUT2D eigenvalue weighted by Crippen LogP contribution is 2.21. The maximum atomic E-state index is 12.6. The Balaban J connectivity index is 1.33. The quantitative estimate of drug-likeness (QED) is 0.899. The van der Waals surface area contributed by atoms with Crippen LogP contribution in [0.1, 0.15) is 36.5 Å². The number of nitrogens with one attached hydrogen (secondary N) is 2. The third-order valence-corrected chi connectivity index (χ3v) is 5.61. The summed E-state index contributed by atoms with van der Waals surface area (Å²) in [6.45, 7) is 6.25. The highest BCUT2D eigenvalue weighted by Gasteiger charge is 2.29. The lowest BCUT2D eigenvalue weighted by atomic mass is 9.93. The summed E-state index contributed by atoms with van der Waals surface area (Å²) in [5.74, 6) is 0.481. The van der Waals surface area contributed by atoms with Crippen LogP contribution in [0, 0.1) is 5.92 Å². The Bertz CT molecular complexity index is 735. The van der Waals surface area contributed by atoms with Crippen LogP contribution in [-0.4, -0.2) is 54.2 Å². The van der Waals surface area contributed by atoms with Crippen molar-refractivity contribution in [1.82, 2.24) is 15.2 Å². The van der Waals surface area contributed by atoms with Crippen LogP contribution in [0.2, 0.25) is 0 Å². The molecule has 0 bridgehead atoms. The Morgan fingerprint density at radius 3 is 3.08 bits per heavy atom. The molecule has 134 valence electrons. The molecular formula is C20H27N3O2. The zero-order valence-corrected chi connectivity index (χ0v) is 14.8. The van der Waals surface area contributed by atoms with E-state index in [0.29, 0.717) is 12.0 Å². The molecule has 2 aliphatic heterocycles. The minimum absolute atomic E-state index is 0.0286. The molecule has 0 radical (unpaired) electrons. The van der Waals surface area contributed by atoms with Crippen molar-refractivity contribution in [2.75, 3.05) is 26.2 Å². The minimum atomic E-state index is 0.0286. The van der Waals surface area contributed by atoms with Gasteiger partial charge in [0.1, 0.15) is 0 Å². The minimum Gasteiger partial charge on any atom is -0.377 e. The van der Waals surface area contributed by atoms with E-state index in [1.807, 2.05) is 30.5 Å². The molecule has 0 aliphatic carbocycles. The normalized spacial score (nSPS) is 27.6. The summed E-state index contributed by atoms with van der Waals surface area (Å²) in [4.78, 5) is 18.3. The van der Waals surface area contributed by atoms with Crippen LogP contribution in [0.25, 0.3) is 10.9 Å². The van der Waals surface area contributed by atoms with Gasteiger partial charge in [-0.3, -0.25) is 4.79 Å². The largest absolute Gasteiger partial charge is 0.377 e. The molecule has 25 heavy (non-hydrogen) atoms. The number of aromatic amines is 1. The van der Waals surface area contributed by atoms with Crippen LogP contribution in [0.3, 0.4) is 0 Å². The first kappa shape index (κ1) is 16.6. The molecule has 2 fully saturated rings. The Kier molecular flexibility index (Phi) is 4.77. The van der Waals surface area contributed by atoms with E-state index in [4.69, 9.17) is 4.74 Å². The van der Waals surface area contributed by atoms with Crippen LogP contribution < -0.4 is 5.32 Å². The van der Waals surface area contributed by atoms with Gasteiger partial charge in [0.05, 0.1) is 6.10 Å². The van der Waals surface area contributed by atoms with Gasteiger partial charge in [-0.2, -0.15) is 0 Å². The standard InChI is InChI=1S/C20H27N3O2/c1-14-12-23(13-17-3-2-10-25-17)9-7-18(14)22-20(24)16-5-4-15-6-8-21-19(15)11-16/h4-6,8,11,14,17-18,21H,2-3,7,9-10,12-13H2,1H3,(H,22,24). The molecule has 3 heterocycles. The van der Waals surface area contributed by atoms with Crippen molar-refractivity contribution in [3.63, 3.8) is 0 Å². The summed E-state index contributed by atoms with van der Waals surface area (Å²) >= 11 is 0.